The predicted octanol–water partition coefficient (Wildman–Crippen LogP) is 2.20. The zero-order chi connectivity index (χ0) is 10.7. The third-order valence-corrected chi connectivity index (χ3v) is 2.70. The van der Waals surface area contributed by atoms with Crippen LogP contribution >= 0.6 is 0 Å². The van der Waals surface area contributed by atoms with Crippen LogP contribution in [0, 0.1) is 0 Å². The Morgan fingerprint density at radius 1 is 1.33 bits per heavy atom. The molecule has 2 heterocycles. The van der Waals surface area contributed by atoms with Crippen LogP contribution in [-0.4, -0.2) is 4.57 Å². The van der Waals surface area contributed by atoms with Crippen LogP contribution in [0.4, 0.5) is 0 Å². The normalized spacial score (nSPS) is 16.3. The van der Waals surface area contributed by atoms with Gasteiger partial charge in [0.05, 0.1) is 5.35 Å². The smallest absolute Gasteiger partial charge is 0.0512 e. The van der Waals surface area contributed by atoms with Gasteiger partial charge in [0.1, 0.15) is 0 Å². The molecule has 3 rings (SSSR count). The summed E-state index contributed by atoms with van der Waals surface area (Å²) in [5.74, 6) is 0. The van der Waals surface area contributed by atoms with Crippen molar-refractivity contribution in [2.45, 2.75) is 39.7 Å². The molecule has 0 spiro atoms. The molecule has 1 heteroatoms. The van der Waals surface area contributed by atoms with Crippen molar-refractivity contribution in [2.75, 3.05) is 0 Å². The fourth-order valence-corrected chi connectivity index (χ4v) is 2.15. The van der Waals surface area contributed by atoms with Crippen LogP contribution in [0.15, 0.2) is 24.4 Å². The third kappa shape index (κ3) is 1.92. The summed E-state index contributed by atoms with van der Waals surface area (Å²) in [6, 6.07) is 2.22. The summed E-state index contributed by atoms with van der Waals surface area (Å²) in [5.41, 5.74) is 1.52. The van der Waals surface area contributed by atoms with E-state index >= 15 is 0 Å². The second-order valence-electron chi connectivity index (χ2n) is 4.15. The number of hydrogen-bond acceptors (Lipinski definition) is 0. The van der Waals surface area contributed by atoms with Gasteiger partial charge in [0.15, 0.2) is 0 Å². The Bertz CT molecular complexity index is 474. The summed E-state index contributed by atoms with van der Waals surface area (Å²) in [6.45, 7) is 5.30. The molecule has 0 unspecified atom stereocenters. The molecular formula is C14H19N. The topological polar surface area (TPSA) is 4.93 Å². The minimum absolute atomic E-state index is 1.05. The molecule has 0 radical (unpaired) electrons. The van der Waals surface area contributed by atoms with Crippen LogP contribution in [0.3, 0.4) is 0 Å². The van der Waals surface area contributed by atoms with Gasteiger partial charge in [-0.2, -0.15) is 0 Å². The SMILES string of the molecule is C1=CC2=c3c(ccn3C1)=CCC2.CCC. The fraction of sp³-hybridized carbons (Fsp3) is 0.429. The molecular weight excluding hydrogens is 182 g/mol. The van der Waals surface area contributed by atoms with Gasteiger partial charge in [-0.1, -0.05) is 38.5 Å². The van der Waals surface area contributed by atoms with Crippen molar-refractivity contribution in [2.24, 2.45) is 0 Å². The molecule has 0 bridgehead atoms. The molecule has 1 aliphatic carbocycles. The van der Waals surface area contributed by atoms with Crippen LogP contribution in [0.2, 0.25) is 0 Å². The molecule has 2 aliphatic rings. The Morgan fingerprint density at radius 3 is 2.93 bits per heavy atom. The average molecular weight is 201 g/mol. The van der Waals surface area contributed by atoms with Gasteiger partial charge in [-0.15, -0.1) is 0 Å². The van der Waals surface area contributed by atoms with Crippen molar-refractivity contribution in [3.63, 3.8) is 0 Å². The van der Waals surface area contributed by atoms with E-state index in [9.17, 15) is 0 Å². The molecule has 0 fully saturated rings. The number of rotatable bonds is 0. The molecule has 0 N–H and O–H groups in total. The van der Waals surface area contributed by atoms with E-state index in [-0.39, 0.29) is 0 Å². The molecule has 0 atom stereocenters. The highest BCUT2D eigenvalue weighted by atomic mass is 14.9. The van der Waals surface area contributed by atoms with Crippen molar-refractivity contribution in [1.82, 2.24) is 4.57 Å². The maximum Gasteiger partial charge on any atom is 0.0512 e. The molecule has 1 aromatic heterocycles. The largest absolute Gasteiger partial charge is 0.343 e. The van der Waals surface area contributed by atoms with E-state index in [2.05, 4.69) is 48.9 Å². The molecule has 0 aromatic carbocycles. The van der Waals surface area contributed by atoms with Crippen LogP contribution in [-0.2, 0) is 6.54 Å². The second-order valence-corrected chi connectivity index (χ2v) is 4.15. The maximum atomic E-state index is 2.34. The average Bonchev–Trinajstić information content (AvgIpc) is 2.66. The highest BCUT2D eigenvalue weighted by Gasteiger charge is 2.07. The van der Waals surface area contributed by atoms with Crippen LogP contribution in [0.5, 0.6) is 0 Å². The summed E-state index contributed by atoms with van der Waals surface area (Å²) < 4.78 is 2.33. The van der Waals surface area contributed by atoms with Crippen LogP contribution in [0.1, 0.15) is 33.1 Å². The first-order chi connectivity index (χ1) is 7.36. The molecule has 0 amide bonds. The standard InChI is InChI=1S/C11H11N.C3H8/c1-3-9-5-2-7-12-8-6-10(4-1)11(9)12;1-3-2/h2,4-6,8H,1,3,7H2;3H2,1-2H3. The van der Waals surface area contributed by atoms with E-state index in [1.165, 1.54) is 35.4 Å². The molecule has 1 nitrogen and oxygen atoms in total. The van der Waals surface area contributed by atoms with E-state index in [4.69, 9.17) is 0 Å². The fourth-order valence-electron chi connectivity index (χ4n) is 2.15. The highest BCUT2D eigenvalue weighted by Crippen LogP contribution is 2.11. The Hall–Kier alpha value is -1.24. The molecule has 80 valence electrons. The minimum Gasteiger partial charge on any atom is -0.343 e. The van der Waals surface area contributed by atoms with Gasteiger partial charge in [-0.05, 0) is 29.7 Å². The van der Waals surface area contributed by atoms with E-state index in [1.54, 1.807) is 0 Å². The first-order valence-corrected chi connectivity index (χ1v) is 5.91. The molecule has 15 heavy (non-hydrogen) atoms. The quantitative estimate of drug-likeness (QED) is 0.606. The van der Waals surface area contributed by atoms with Crippen molar-refractivity contribution < 1.29 is 0 Å². The van der Waals surface area contributed by atoms with Crippen molar-refractivity contribution >= 4 is 11.6 Å². The number of allylic oxidation sites excluding steroid dienone is 2. The summed E-state index contributed by atoms with van der Waals surface area (Å²) in [7, 11) is 0. The first kappa shape index (κ1) is 10.3. The van der Waals surface area contributed by atoms with Gasteiger partial charge in [-0.25, -0.2) is 0 Å². The van der Waals surface area contributed by atoms with E-state index in [0.717, 1.165) is 6.54 Å². The lowest BCUT2D eigenvalue weighted by atomic mass is 10.0. The summed E-state index contributed by atoms with van der Waals surface area (Å²) in [4.78, 5) is 0. The van der Waals surface area contributed by atoms with Gasteiger partial charge in [0.2, 0.25) is 0 Å². The Morgan fingerprint density at radius 2 is 2.13 bits per heavy atom. The lowest BCUT2D eigenvalue weighted by Gasteiger charge is -2.12. The second kappa shape index (κ2) is 4.52. The lowest BCUT2D eigenvalue weighted by molar-refractivity contribution is 0.778. The van der Waals surface area contributed by atoms with Crippen molar-refractivity contribution in [1.29, 1.82) is 0 Å². The van der Waals surface area contributed by atoms with Crippen molar-refractivity contribution in [3.8, 4) is 0 Å². The van der Waals surface area contributed by atoms with Crippen LogP contribution < -0.4 is 10.6 Å². The van der Waals surface area contributed by atoms with Gasteiger partial charge >= 0.3 is 0 Å². The Labute approximate surface area is 91.4 Å². The summed E-state index contributed by atoms with van der Waals surface area (Å²) in [5, 5.41) is 2.89. The highest BCUT2D eigenvalue weighted by molar-refractivity contribution is 5.60. The lowest BCUT2D eigenvalue weighted by Crippen LogP contribution is -2.34. The van der Waals surface area contributed by atoms with E-state index in [0.29, 0.717) is 0 Å². The molecule has 0 saturated carbocycles. The minimum atomic E-state index is 1.05. The maximum absolute atomic E-state index is 2.34. The summed E-state index contributed by atoms with van der Waals surface area (Å²) in [6.07, 6.45) is 12.7. The molecule has 1 aromatic rings. The van der Waals surface area contributed by atoms with Gasteiger partial charge in [0, 0.05) is 12.7 Å². The van der Waals surface area contributed by atoms with Crippen molar-refractivity contribution in [3.05, 3.63) is 35.0 Å². The third-order valence-electron chi connectivity index (χ3n) is 2.70. The first-order valence-electron chi connectivity index (χ1n) is 5.91. The Balaban J connectivity index is 0.000000258. The molecule has 0 saturated heterocycles. The zero-order valence-electron chi connectivity index (χ0n) is 9.66. The van der Waals surface area contributed by atoms with Crippen LogP contribution in [0.25, 0.3) is 11.6 Å². The number of nitrogens with zero attached hydrogens (tertiary/aromatic N) is 1. The molecule has 1 aliphatic heterocycles. The number of hydrogen-bond donors (Lipinski definition) is 0. The van der Waals surface area contributed by atoms with Gasteiger partial charge in [0.25, 0.3) is 0 Å². The van der Waals surface area contributed by atoms with Gasteiger partial charge < -0.3 is 4.57 Å². The zero-order valence-corrected chi connectivity index (χ0v) is 9.66. The number of aromatic nitrogens is 1. The van der Waals surface area contributed by atoms with E-state index < -0.39 is 0 Å². The monoisotopic (exact) mass is 201 g/mol. The Kier molecular flexibility index (Phi) is 3.10. The van der Waals surface area contributed by atoms with Gasteiger partial charge in [-0.3, -0.25) is 0 Å². The summed E-state index contributed by atoms with van der Waals surface area (Å²) >= 11 is 0. The predicted molar refractivity (Wildman–Crippen MR) is 65.9 cm³/mol. The van der Waals surface area contributed by atoms with E-state index in [1.807, 2.05) is 0 Å².